The molecule has 1 atom stereocenters. The van der Waals surface area contributed by atoms with Crippen LogP contribution in [0.5, 0.6) is 0 Å². The number of anilines is 1. The fourth-order valence-corrected chi connectivity index (χ4v) is 9.86. The molecule has 6 nitrogen and oxygen atoms in total. The third-order valence-electron chi connectivity index (χ3n) is 5.00. The summed E-state index contributed by atoms with van der Waals surface area (Å²) in [5, 5.41) is 2.33. The fraction of sp³-hybridized carbons (Fsp3) is 0.318. The van der Waals surface area contributed by atoms with Crippen LogP contribution in [0.15, 0.2) is 51.9 Å². The summed E-state index contributed by atoms with van der Waals surface area (Å²) in [6.45, 7) is 4.95. The number of hydrogen-bond acceptors (Lipinski definition) is 6. The Morgan fingerprint density at radius 2 is 2.09 bits per heavy atom. The van der Waals surface area contributed by atoms with Crippen molar-refractivity contribution in [3.63, 3.8) is 0 Å². The molecule has 0 saturated heterocycles. The SMILES string of the molecule is CC(=Cc1sc2c([n+]1C)[Te]C(C)C=C2)C=C1Sc2ccccc2N1CCCS(=O)(=O)O.[OH-]. The molecular formula is C22H26N2O4S3Te. The van der Waals surface area contributed by atoms with E-state index >= 15 is 0 Å². The van der Waals surface area contributed by atoms with Crippen LogP contribution in [0.2, 0.25) is 3.97 Å². The van der Waals surface area contributed by atoms with Gasteiger partial charge in [0.05, 0.1) is 0 Å². The molecule has 2 aliphatic rings. The molecule has 0 spiro atoms. The minimum atomic E-state index is -3.95. The molecule has 3 heterocycles. The van der Waals surface area contributed by atoms with Crippen molar-refractivity contribution in [2.24, 2.45) is 7.05 Å². The third kappa shape index (κ3) is 5.86. The number of thioether (sulfide) groups is 1. The number of benzene rings is 1. The van der Waals surface area contributed by atoms with Crippen LogP contribution in [-0.4, -0.2) is 51.7 Å². The number of thiazole rings is 1. The first-order valence-corrected chi connectivity index (χ1v) is 15.7. The first kappa shape index (κ1) is 25.5. The second-order valence-corrected chi connectivity index (χ2v) is 15.2. The molecule has 0 amide bonds. The molecule has 1 aromatic heterocycles. The number of aromatic nitrogens is 1. The molecule has 1 unspecified atom stereocenters. The molecule has 32 heavy (non-hydrogen) atoms. The van der Waals surface area contributed by atoms with Crippen LogP contribution >= 0.6 is 23.1 Å². The Hall–Kier alpha value is -1.12. The number of para-hydroxylation sites is 1. The van der Waals surface area contributed by atoms with Crippen LogP contribution in [0.25, 0.3) is 12.2 Å². The summed E-state index contributed by atoms with van der Waals surface area (Å²) in [6.07, 6.45) is 9.38. The van der Waals surface area contributed by atoms with Crippen molar-refractivity contribution < 1.29 is 23.0 Å². The van der Waals surface area contributed by atoms with Crippen LogP contribution in [-0.2, 0) is 17.2 Å². The van der Waals surface area contributed by atoms with E-state index in [0.29, 0.717) is 16.9 Å². The van der Waals surface area contributed by atoms with Gasteiger partial charge in [-0.25, -0.2) is 0 Å². The Labute approximate surface area is 207 Å². The Kier molecular flexibility index (Phi) is 8.31. The summed E-state index contributed by atoms with van der Waals surface area (Å²) in [5.74, 6) is -0.232. The smallest absolute Gasteiger partial charge is 0.870 e. The average Bonchev–Trinajstić information content (AvgIpc) is 3.19. The summed E-state index contributed by atoms with van der Waals surface area (Å²) in [7, 11) is -1.79. The van der Waals surface area contributed by atoms with Gasteiger partial charge in [0.15, 0.2) is 0 Å². The fourth-order valence-electron chi connectivity index (χ4n) is 3.52. The van der Waals surface area contributed by atoms with Crippen molar-refractivity contribution in [1.29, 1.82) is 0 Å². The number of nitrogens with zero attached hydrogens (tertiary/aromatic N) is 2. The molecule has 10 heteroatoms. The van der Waals surface area contributed by atoms with Gasteiger partial charge in [-0.3, -0.25) is 4.55 Å². The first-order valence-electron chi connectivity index (χ1n) is 9.98. The monoisotopic (exact) mass is 608 g/mol. The Morgan fingerprint density at radius 3 is 2.84 bits per heavy atom. The number of hydrogen-bond donors (Lipinski definition) is 1. The van der Waals surface area contributed by atoms with E-state index in [2.05, 4.69) is 66.8 Å². The van der Waals surface area contributed by atoms with Crippen LogP contribution in [0, 0.1) is 0 Å². The van der Waals surface area contributed by atoms with Gasteiger partial charge in [-0.15, -0.1) is 0 Å². The van der Waals surface area contributed by atoms with Crippen LogP contribution < -0.4 is 13.2 Å². The summed E-state index contributed by atoms with van der Waals surface area (Å²) >= 11 is 3.34. The summed E-state index contributed by atoms with van der Waals surface area (Å²) in [5.41, 5.74) is 2.24. The van der Waals surface area contributed by atoms with E-state index in [-0.39, 0.29) is 32.2 Å². The van der Waals surface area contributed by atoms with Gasteiger partial charge in [0.1, 0.15) is 0 Å². The van der Waals surface area contributed by atoms with Gasteiger partial charge in [-0.1, -0.05) is 0 Å². The zero-order chi connectivity index (χ0) is 22.2. The van der Waals surface area contributed by atoms with Gasteiger partial charge in [-0.2, -0.15) is 8.42 Å². The predicted molar refractivity (Wildman–Crippen MR) is 134 cm³/mol. The maximum absolute atomic E-state index is 11.2. The second-order valence-electron chi connectivity index (χ2n) is 7.58. The van der Waals surface area contributed by atoms with E-state index in [1.807, 2.05) is 23.5 Å². The summed E-state index contributed by atoms with van der Waals surface area (Å²) < 4.78 is 36.0. The van der Waals surface area contributed by atoms with Crippen molar-refractivity contribution in [3.05, 3.63) is 56.9 Å². The Morgan fingerprint density at radius 1 is 1.34 bits per heavy atom. The number of allylic oxidation sites excluding steroid dienone is 3. The molecule has 4 rings (SSSR count). The molecule has 1 aromatic carbocycles. The zero-order valence-corrected chi connectivity index (χ0v) is 22.8. The van der Waals surface area contributed by atoms with Gasteiger partial charge in [0.25, 0.3) is 0 Å². The summed E-state index contributed by atoms with van der Waals surface area (Å²) in [6, 6.07) is 8.15. The van der Waals surface area contributed by atoms with Crippen molar-refractivity contribution >= 4 is 75.7 Å². The van der Waals surface area contributed by atoms with E-state index < -0.39 is 10.1 Å². The molecule has 2 aromatic rings. The van der Waals surface area contributed by atoms with Gasteiger partial charge >= 0.3 is 191 Å². The quantitative estimate of drug-likeness (QED) is 0.307. The van der Waals surface area contributed by atoms with E-state index in [1.165, 1.54) is 13.6 Å². The van der Waals surface area contributed by atoms with Crippen molar-refractivity contribution in [2.75, 3.05) is 17.2 Å². The number of fused-ring (bicyclic) bond motifs is 2. The van der Waals surface area contributed by atoms with E-state index in [9.17, 15) is 8.42 Å². The van der Waals surface area contributed by atoms with E-state index in [1.54, 1.807) is 11.8 Å². The van der Waals surface area contributed by atoms with E-state index in [0.717, 1.165) is 21.2 Å². The van der Waals surface area contributed by atoms with Crippen LogP contribution in [0.1, 0.15) is 30.2 Å². The molecule has 2 aliphatic heterocycles. The maximum atomic E-state index is 11.2. The van der Waals surface area contributed by atoms with Crippen molar-refractivity contribution in [2.45, 2.75) is 29.1 Å². The third-order valence-corrected chi connectivity index (χ3v) is 12.0. The number of rotatable bonds is 6. The van der Waals surface area contributed by atoms with Gasteiger partial charge in [-0.05, 0) is 0 Å². The zero-order valence-electron chi connectivity index (χ0n) is 18.1. The molecule has 0 aliphatic carbocycles. The molecule has 0 bridgehead atoms. The van der Waals surface area contributed by atoms with E-state index in [4.69, 9.17) is 4.55 Å². The molecule has 172 valence electrons. The van der Waals surface area contributed by atoms with Gasteiger partial charge in [0, 0.05) is 0 Å². The minimum Gasteiger partial charge on any atom is -0.870 e. The molecule has 2 N–H and O–H groups in total. The van der Waals surface area contributed by atoms with Gasteiger partial charge in [0.2, 0.25) is 0 Å². The topological polar surface area (TPSA) is 91.5 Å². The molecule has 0 radical (unpaired) electrons. The average molecular weight is 606 g/mol. The Bertz CT molecular complexity index is 1200. The normalized spacial score (nSPS) is 19.1. The Balaban J connectivity index is 0.00000289. The van der Waals surface area contributed by atoms with Crippen LogP contribution in [0.4, 0.5) is 5.69 Å². The first-order chi connectivity index (χ1) is 14.7. The standard InChI is InChI=1S/C22H24N2O3S3Te.H2O/c1-15(13-20-23(3)22-19(29-20)10-9-16(2)31-22)14-21-24(11-6-12-30(25,26)27)17-7-4-5-8-18(17)28-21;/h4-5,7-10,13-14,16H,6,11-12H2,1-3H3;1H2. The van der Waals surface area contributed by atoms with Crippen molar-refractivity contribution in [1.82, 2.24) is 0 Å². The summed E-state index contributed by atoms with van der Waals surface area (Å²) in [4.78, 5) is 4.71. The minimum absolute atomic E-state index is 0. The predicted octanol–water partition coefficient (Wildman–Crippen LogP) is 3.70. The molecular weight excluding hydrogens is 580 g/mol. The molecule has 0 fully saturated rings. The van der Waals surface area contributed by atoms with Gasteiger partial charge < -0.3 is 5.48 Å². The molecule has 0 saturated carbocycles. The second kappa shape index (κ2) is 10.4. The van der Waals surface area contributed by atoms with Crippen LogP contribution in [0.3, 0.4) is 0 Å². The van der Waals surface area contributed by atoms with Crippen molar-refractivity contribution in [3.8, 4) is 0 Å².